The van der Waals surface area contributed by atoms with Crippen LogP contribution in [0.5, 0.6) is 5.75 Å². The number of hydrogen-bond acceptors (Lipinski definition) is 4. The molecule has 7 heteroatoms. The fourth-order valence-electron chi connectivity index (χ4n) is 7.78. The lowest BCUT2D eigenvalue weighted by Gasteiger charge is -2.57. The Morgan fingerprint density at radius 2 is 1.57 bits per heavy atom. The number of amides is 3. The van der Waals surface area contributed by atoms with Gasteiger partial charge in [-0.25, -0.2) is 9.29 Å². The van der Waals surface area contributed by atoms with Gasteiger partial charge < -0.3 is 9.64 Å². The van der Waals surface area contributed by atoms with Gasteiger partial charge in [-0.3, -0.25) is 14.4 Å². The fraction of sp³-hybridized carbons (Fsp3) is 0.500. The van der Waals surface area contributed by atoms with Crippen molar-refractivity contribution in [2.75, 3.05) is 11.5 Å². The molecule has 1 heterocycles. The number of ether oxygens (including phenoxy) is 1. The third kappa shape index (κ3) is 4.32. The van der Waals surface area contributed by atoms with Crippen molar-refractivity contribution in [2.45, 2.75) is 64.5 Å². The molecule has 2 aromatic rings. The maximum Gasteiger partial charge on any atom is 0.257 e. The van der Waals surface area contributed by atoms with Crippen LogP contribution < -0.4 is 9.64 Å². The molecule has 0 N–H and O–H groups in total. The third-order valence-corrected chi connectivity index (χ3v) is 8.92. The minimum Gasteiger partial charge on any atom is -0.494 e. The Labute approximate surface area is 216 Å². The lowest BCUT2D eigenvalue weighted by molar-refractivity contribution is -0.162. The summed E-state index contributed by atoms with van der Waals surface area (Å²) >= 11 is 0. The van der Waals surface area contributed by atoms with E-state index in [2.05, 4.69) is 0 Å². The second-order valence-electron chi connectivity index (χ2n) is 11.5. The number of imide groups is 1. The highest BCUT2D eigenvalue weighted by atomic mass is 19.1. The average molecular weight is 505 g/mol. The summed E-state index contributed by atoms with van der Waals surface area (Å²) in [5, 5.41) is 0. The summed E-state index contributed by atoms with van der Waals surface area (Å²) in [5.74, 6) is 1.33. The molecule has 1 atom stereocenters. The van der Waals surface area contributed by atoms with Gasteiger partial charge in [0.2, 0.25) is 11.8 Å². The number of nitrogens with zero attached hydrogens (tertiary/aromatic N) is 2. The number of anilines is 1. The molecule has 4 saturated carbocycles. The van der Waals surface area contributed by atoms with Crippen molar-refractivity contribution >= 4 is 23.4 Å². The van der Waals surface area contributed by atoms with Crippen molar-refractivity contribution < 1.29 is 23.5 Å². The van der Waals surface area contributed by atoms with E-state index in [0.29, 0.717) is 35.8 Å². The van der Waals surface area contributed by atoms with Crippen molar-refractivity contribution in [3.8, 4) is 5.75 Å². The number of carbonyl (C=O) groups excluding carboxylic acids is 3. The van der Waals surface area contributed by atoms with Crippen LogP contribution in [0.15, 0.2) is 48.5 Å². The van der Waals surface area contributed by atoms with E-state index >= 15 is 0 Å². The summed E-state index contributed by atoms with van der Waals surface area (Å²) < 4.78 is 19.1. The first-order chi connectivity index (χ1) is 17.8. The summed E-state index contributed by atoms with van der Waals surface area (Å²) in [4.78, 5) is 44.2. The molecule has 2 aromatic carbocycles. The summed E-state index contributed by atoms with van der Waals surface area (Å²) in [6, 6.07) is 12.1. The van der Waals surface area contributed by atoms with Crippen molar-refractivity contribution in [1.82, 2.24) is 4.90 Å². The maximum absolute atomic E-state index is 14.4. The molecule has 0 radical (unpaired) electrons. The Morgan fingerprint density at radius 3 is 2.14 bits per heavy atom. The van der Waals surface area contributed by atoms with Crippen LogP contribution in [0.1, 0.15) is 57.4 Å². The highest BCUT2D eigenvalue weighted by Crippen LogP contribution is 2.60. The lowest BCUT2D eigenvalue weighted by Crippen LogP contribution is -2.57. The van der Waals surface area contributed by atoms with E-state index in [4.69, 9.17) is 4.74 Å². The zero-order valence-electron chi connectivity index (χ0n) is 21.2. The predicted octanol–water partition coefficient (Wildman–Crippen LogP) is 5.10. The van der Waals surface area contributed by atoms with E-state index in [0.717, 1.165) is 24.8 Å². The first kappa shape index (κ1) is 24.1. The van der Waals surface area contributed by atoms with Crippen LogP contribution in [0, 0.1) is 29.0 Å². The highest BCUT2D eigenvalue weighted by Gasteiger charge is 2.57. The van der Waals surface area contributed by atoms with Gasteiger partial charge in [0, 0.05) is 6.54 Å². The highest BCUT2D eigenvalue weighted by molar-refractivity contribution is 6.23. The molecule has 1 aliphatic heterocycles. The quantitative estimate of drug-likeness (QED) is 0.492. The number of carbonyl (C=O) groups is 3. The van der Waals surface area contributed by atoms with Crippen molar-refractivity contribution in [3.05, 3.63) is 59.9 Å². The molecule has 0 spiro atoms. The second kappa shape index (κ2) is 9.26. The van der Waals surface area contributed by atoms with Crippen LogP contribution in [0.3, 0.4) is 0 Å². The number of benzene rings is 2. The summed E-state index contributed by atoms with van der Waals surface area (Å²) in [6.07, 6.45) is 6.18. The third-order valence-electron chi connectivity index (χ3n) is 8.92. The monoisotopic (exact) mass is 504 g/mol. The van der Waals surface area contributed by atoms with Gasteiger partial charge in [-0.05, 0) is 105 Å². The van der Waals surface area contributed by atoms with Gasteiger partial charge in [-0.2, -0.15) is 0 Å². The van der Waals surface area contributed by atoms with E-state index in [-0.39, 0.29) is 36.5 Å². The molecule has 5 aliphatic rings. The first-order valence-corrected chi connectivity index (χ1v) is 13.5. The molecule has 4 aliphatic carbocycles. The molecule has 194 valence electrons. The molecule has 3 amide bonds. The van der Waals surface area contributed by atoms with E-state index in [1.807, 2.05) is 6.92 Å². The standard InChI is InChI=1S/C30H33FN2O4/c1-2-37-25-9-7-24(8-10-25)33-27(34)14-26(28(33)35)32(18-19-3-5-23(31)6-4-19)29(36)30-15-20-11-21(16-30)13-22(12-20)17-30/h3-10,20-22,26H,2,11-18H2,1H3. The lowest BCUT2D eigenvalue weighted by atomic mass is 9.49. The molecule has 37 heavy (non-hydrogen) atoms. The van der Waals surface area contributed by atoms with Gasteiger partial charge in [-0.1, -0.05) is 12.1 Å². The molecule has 1 saturated heterocycles. The molecule has 7 rings (SSSR count). The van der Waals surface area contributed by atoms with E-state index in [9.17, 15) is 18.8 Å². The van der Waals surface area contributed by atoms with Gasteiger partial charge >= 0.3 is 0 Å². The second-order valence-corrected chi connectivity index (χ2v) is 11.5. The normalized spacial score (nSPS) is 30.2. The van der Waals surface area contributed by atoms with Crippen molar-refractivity contribution in [2.24, 2.45) is 23.2 Å². The van der Waals surface area contributed by atoms with Gasteiger partial charge in [0.05, 0.1) is 24.1 Å². The Hall–Kier alpha value is -3.22. The maximum atomic E-state index is 14.4. The van der Waals surface area contributed by atoms with Crippen molar-refractivity contribution in [3.63, 3.8) is 0 Å². The number of rotatable bonds is 7. The van der Waals surface area contributed by atoms with Gasteiger partial charge in [0.25, 0.3) is 5.91 Å². The van der Waals surface area contributed by atoms with E-state index < -0.39 is 11.5 Å². The van der Waals surface area contributed by atoms with Gasteiger partial charge in [0.15, 0.2) is 0 Å². The minimum absolute atomic E-state index is 0.00406. The largest absolute Gasteiger partial charge is 0.494 e. The van der Waals surface area contributed by atoms with Crippen LogP contribution in [0.2, 0.25) is 0 Å². The molecule has 5 fully saturated rings. The average Bonchev–Trinajstić information content (AvgIpc) is 3.16. The van der Waals surface area contributed by atoms with Crippen LogP contribution in [-0.2, 0) is 20.9 Å². The van der Waals surface area contributed by atoms with Crippen LogP contribution in [0.25, 0.3) is 0 Å². The number of halogens is 1. The van der Waals surface area contributed by atoms with Crippen molar-refractivity contribution in [1.29, 1.82) is 0 Å². The molecule has 1 unspecified atom stereocenters. The zero-order chi connectivity index (χ0) is 25.7. The molecular formula is C30H33FN2O4. The SMILES string of the molecule is CCOc1ccc(N2C(=O)CC(N(Cc3ccc(F)cc3)C(=O)C34CC5CC(CC(C5)C3)C4)C2=O)cc1. The molecule has 4 bridgehead atoms. The molecule has 0 aromatic heterocycles. The summed E-state index contributed by atoms with van der Waals surface area (Å²) in [7, 11) is 0. The van der Waals surface area contributed by atoms with Gasteiger partial charge in [0.1, 0.15) is 17.6 Å². The van der Waals surface area contributed by atoms with Gasteiger partial charge in [-0.15, -0.1) is 0 Å². The van der Waals surface area contributed by atoms with E-state index in [1.54, 1.807) is 41.3 Å². The first-order valence-electron chi connectivity index (χ1n) is 13.5. The zero-order valence-corrected chi connectivity index (χ0v) is 21.2. The van der Waals surface area contributed by atoms with Crippen LogP contribution in [0.4, 0.5) is 10.1 Å². The van der Waals surface area contributed by atoms with E-state index in [1.165, 1.54) is 36.3 Å². The minimum atomic E-state index is -0.871. The summed E-state index contributed by atoms with van der Waals surface area (Å²) in [5.41, 5.74) is 0.772. The predicted molar refractivity (Wildman–Crippen MR) is 136 cm³/mol. The Balaban J connectivity index is 1.31. The summed E-state index contributed by atoms with van der Waals surface area (Å²) in [6.45, 7) is 2.60. The van der Waals surface area contributed by atoms with Crippen LogP contribution >= 0.6 is 0 Å². The molecule has 6 nitrogen and oxygen atoms in total. The smallest absolute Gasteiger partial charge is 0.257 e. The Morgan fingerprint density at radius 1 is 0.973 bits per heavy atom. The topological polar surface area (TPSA) is 66.9 Å². The molecular weight excluding hydrogens is 471 g/mol. The number of hydrogen-bond donors (Lipinski definition) is 0. The Kier molecular flexibility index (Phi) is 6.04. The fourth-order valence-corrected chi connectivity index (χ4v) is 7.78. The Bertz CT molecular complexity index is 1170. The van der Waals surface area contributed by atoms with Crippen LogP contribution in [-0.4, -0.2) is 35.3 Å².